The van der Waals surface area contributed by atoms with Crippen LogP contribution in [0.3, 0.4) is 0 Å². The van der Waals surface area contributed by atoms with Crippen molar-refractivity contribution in [1.29, 1.82) is 0 Å². The van der Waals surface area contributed by atoms with Gasteiger partial charge in [0.1, 0.15) is 5.75 Å². The van der Waals surface area contributed by atoms with Gasteiger partial charge < -0.3 is 10.1 Å². The molecule has 0 aliphatic heterocycles. The molecule has 0 saturated carbocycles. The molecule has 6 nitrogen and oxygen atoms in total. The second-order valence-electron chi connectivity index (χ2n) is 7.42. The number of carbonyl (C=O) groups excluding carboxylic acids is 1. The number of thiophene rings is 1. The third kappa shape index (κ3) is 4.68. The largest absolute Gasteiger partial charge is 0.495 e. The van der Waals surface area contributed by atoms with Crippen molar-refractivity contribution in [2.75, 3.05) is 23.8 Å². The fourth-order valence-electron chi connectivity index (χ4n) is 3.27. The molecule has 9 heteroatoms. The number of hydrogen-bond donors (Lipinski definition) is 1. The predicted octanol–water partition coefficient (Wildman–Crippen LogP) is 5.95. The first-order valence-corrected chi connectivity index (χ1v) is 12.6. The summed E-state index contributed by atoms with van der Waals surface area (Å²) in [6.45, 7) is 1.98. The fourth-order valence-corrected chi connectivity index (χ4v) is 5.75. The zero-order chi connectivity index (χ0) is 23.8. The standard InChI is InChI=1S/C24H21ClN2O4S2/c1-15-4-6-17(7-5-15)26-24(28)23-13-16-12-18(8-11-22(16)32-23)27(2)33(29,30)19-9-10-21(31-3)20(25)14-19/h4-14H,1-3H3,(H,26,28). The summed E-state index contributed by atoms with van der Waals surface area (Å²) in [5.74, 6) is 0.185. The van der Waals surface area contributed by atoms with Gasteiger partial charge in [0.15, 0.2) is 0 Å². The number of nitrogens with one attached hydrogen (secondary N) is 1. The highest BCUT2D eigenvalue weighted by atomic mass is 35.5. The molecule has 0 unspecified atom stereocenters. The molecule has 1 N–H and O–H groups in total. The van der Waals surface area contributed by atoms with Gasteiger partial charge in [-0.1, -0.05) is 29.3 Å². The first-order chi connectivity index (χ1) is 15.7. The Labute approximate surface area is 201 Å². The molecule has 0 bridgehead atoms. The van der Waals surface area contributed by atoms with Crippen LogP contribution in [0.4, 0.5) is 11.4 Å². The number of methoxy groups -OCH3 is 1. The summed E-state index contributed by atoms with van der Waals surface area (Å²) in [7, 11) is -0.901. The van der Waals surface area contributed by atoms with Crippen LogP contribution in [0.15, 0.2) is 71.6 Å². The Hall–Kier alpha value is -3.07. The van der Waals surface area contributed by atoms with Gasteiger partial charge >= 0.3 is 0 Å². The van der Waals surface area contributed by atoms with E-state index < -0.39 is 10.0 Å². The van der Waals surface area contributed by atoms with Gasteiger partial charge in [0.05, 0.1) is 27.6 Å². The van der Waals surface area contributed by atoms with E-state index in [-0.39, 0.29) is 15.8 Å². The van der Waals surface area contributed by atoms with Crippen molar-refractivity contribution in [3.63, 3.8) is 0 Å². The van der Waals surface area contributed by atoms with Gasteiger partial charge in [0.25, 0.3) is 15.9 Å². The van der Waals surface area contributed by atoms with Crippen LogP contribution < -0.4 is 14.4 Å². The number of benzene rings is 3. The lowest BCUT2D eigenvalue weighted by atomic mass is 10.2. The normalized spacial score (nSPS) is 11.4. The number of aryl methyl sites for hydroxylation is 1. The van der Waals surface area contributed by atoms with Crippen molar-refractivity contribution in [1.82, 2.24) is 0 Å². The van der Waals surface area contributed by atoms with Gasteiger partial charge in [0.2, 0.25) is 0 Å². The Morgan fingerprint density at radius 1 is 1.03 bits per heavy atom. The molecule has 0 fully saturated rings. The number of nitrogens with zero attached hydrogens (tertiary/aromatic N) is 1. The molecular weight excluding hydrogens is 480 g/mol. The van der Waals surface area contributed by atoms with Crippen LogP contribution in [0.25, 0.3) is 10.1 Å². The minimum atomic E-state index is -3.84. The molecule has 1 heterocycles. The molecule has 1 aromatic heterocycles. The van der Waals surface area contributed by atoms with Crippen LogP contribution in [0.5, 0.6) is 5.75 Å². The lowest BCUT2D eigenvalue weighted by molar-refractivity contribution is 0.103. The molecule has 0 radical (unpaired) electrons. The van der Waals surface area contributed by atoms with Gasteiger partial charge in [-0.2, -0.15) is 0 Å². The Kier molecular flexibility index (Phi) is 6.34. The summed E-state index contributed by atoms with van der Waals surface area (Å²) in [5, 5.41) is 3.88. The zero-order valence-corrected chi connectivity index (χ0v) is 20.5. The van der Waals surface area contributed by atoms with Gasteiger partial charge in [0, 0.05) is 17.4 Å². The molecule has 0 spiro atoms. The summed E-state index contributed by atoms with van der Waals surface area (Å²) in [6.07, 6.45) is 0. The van der Waals surface area contributed by atoms with Crippen molar-refractivity contribution >= 4 is 60.3 Å². The van der Waals surface area contributed by atoms with E-state index in [1.807, 2.05) is 37.3 Å². The highest BCUT2D eigenvalue weighted by Crippen LogP contribution is 2.33. The van der Waals surface area contributed by atoms with E-state index in [9.17, 15) is 13.2 Å². The second-order valence-corrected chi connectivity index (χ2v) is 10.9. The van der Waals surface area contributed by atoms with E-state index in [2.05, 4.69) is 5.32 Å². The van der Waals surface area contributed by atoms with E-state index in [0.717, 1.165) is 15.6 Å². The SMILES string of the molecule is COc1ccc(S(=O)(=O)N(C)c2ccc3sc(C(=O)Nc4ccc(C)cc4)cc3c2)cc1Cl. The molecule has 3 aromatic carbocycles. The van der Waals surface area contributed by atoms with Crippen molar-refractivity contribution in [2.24, 2.45) is 0 Å². The monoisotopic (exact) mass is 500 g/mol. The lowest BCUT2D eigenvalue weighted by Gasteiger charge is -2.20. The van der Waals surface area contributed by atoms with E-state index in [1.54, 1.807) is 18.2 Å². The Bertz CT molecular complexity index is 1450. The zero-order valence-electron chi connectivity index (χ0n) is 18.1. The number of amides is 1. The van der Waals surface area contributed by atoms with E-state index in [4.69, 9.17) is 16.3 Å². The molecule has 4 rings (SSSR count). The highest BCUT2D eigenvalue weighted by Gasteiger charge is 2.23. The molecule has 0 aliphatic carbocycles. The minimum Gasteiger partial charge on any atom is -0.495 e. The number of anilines is 2. The number of hydrogen-bond acceptors (Lipinski definition) is 5. The van der Waals surface area contributed by atoms with Crippen LogP contribution in [0.2, 0.25) is 5.02 Å². The smallest absolute Gasteiger partial charge is 0.265 e. The summed E-state index contributed by atoms with van der Waals surface area (Å²) in [4.78, 5) is 13.3. The van der Waals surface area contributed by atoms with Crippen molar-refractivity contribution in [3.8, 4) is 5.75 Å². The maximum atomic E-state index is 13.1. The first-order valence-electron chi connectivity index (χ1n) is 9.93. The molecule has 0 saturated heterocycles. The van der Waals surface area contributed by atoms with E-state index in [0.29, 0.717) is 22.0 Å². The van der Waals surface area contributed by atoms with Crippen LogP contribution >= 0.6 is 22.9 Å². The summed E-state index contributed by atoms with van der Waals surface area (Å²) < 4.78 is 33.4. The summed E-state index contributed by atoms with van der Waals surface area (Å²) >= 11 is 7.46. The maximum Gasteiger partial charge on any atom is 0.265 e. The first kappa shape index (κ1) is 23.1. The second kappa shape index (κ2) is 9.05. The Morgan fingerprint density at radius 3 is 2.42 bits per heavy atom. The maximum absolute atomic E-state index is 13.1. The van der Waals surface area contributed by atoms with E-state index in [1.165, 1.54) is 48.0 Å². The number of halogens is 1. The number of carbonyl (C=O) groups is 1. The molecule has 0 atom stereocenters. The molecule has 170 valence electrons. The fraction of sp³-hybridized carbons (Fsp3) is 0.125. The Balaban J connectivity index is 1.60. The van der Waals surface area contributed by atoms with Crippen LogP contribution in [-0.2, 0) is 10.0 Å². The predicted molar refractivity (Wildman–Crippen MR) is 135 cm³/mol. The van der Waals surface area contributed by atoms with Gasteiger partial charge in [-0.25, -0.2) is 8.42 Å². The molecule has 33 heavy (non-hydrogen) atoms. The van der Waals surface area contributed by atoms with Crippen molar-refractivity contribution in [3.05, 3.63) is 82.2 Å². The summed E-state index contributed by atoms with van der Waals surface area (Å²) in [6, 6.07) is 18.9. The minimum absolute atomic E-state index is 0.0550. The molecule has 4 aromatic rings. The third-order valence-electron chi connectivity index (χ3n) is 5.18. The average Bonchev–Trinajstić information content (AvgIpc) is 3.23. The molecule has 1 amide bonds. The van der Waals surface area contributed by atoms with Gasteiger partial charge in [-0.05, 0) is 66.9 Å². The third-order valence-corrected chi connectivity index (χ3v) is 8.37. The number of rotatable bonds is 6. The van der Waals surface area contributed by atoms with Crippen molar-refractivity contribution in [2.45, 2.75) is 11.8 Å². The number of ether oxygens (including phenoxy) is 1. The van der Waals surface area contributed by atoms with E-state index >= 15 is 0 Å². The summed E-state index contributed by atoms with van der Waals surface area (Å²) in [5.41, 5.74) is 2.30. The molecular formula is C24H21ClN2O4S2. The van der Waals surface area contributed by atoms with Crippen LogP contribution in [-0.4, -0.2) is 28.5 Å². The highest BCUT2D eigenvalue weighted by molar-refractivity contribution is 7.92. The average molecular weight is 501 g/mol. The molecule has 0 aliphatic rings. The van der Waals surface area contributed by atoms with Gasteiger partial charge in [-0.3, -0.25) is 9.10 Å². The number of fused-ring (bicyclic) bond motifs is 1. The lowest BCUT2D eigenvalue weighted by Crippen LogP contribution is -2.26. The number of sulfonamides is 1. The quantitative estimate of drug-likeness (QED) is 0.355. The Morgan fingerprint density at radius 2 is 1.76 bits per heavy atom. The van der Waals surface area contributed by atoms with Crippen molar-refractivity contribution < 1.29 is 17.9 Å². The topological polar surface area (TPSA) is 75.7 Å². The van der Waals surface area contributed by atoms with Crippen LogP contribution in [0.1, 0.15) is 15.2 Å². The van der Waals surface area contributed by atoms with Crippen LogP contribution in [0, 0.1) is 6.92 Å². The van der Waals surface area contributed by atoms with Gasteiger partial charge in [-0.15, -0.1) is 11.3 Å².